The van der Waals surface area contributed by atoms with Gasteiger partial charge in [-0.2, -0.15) is 0 Å². The fraction of sp³-hybridized carbons (Fsp3) is 0.353. The van der Waals surface area contributed by atoms with Gasteiger partial charge in [0.1, 0.15) is 0 Å². The van der Waals surface area contributed by atoms with Crippen molar-refractivity contribution in [1.29, 1.82) is 0 Å². The first-order chi connectivity index (χ1) is 9.25. The van der Waals surface area contributed by atoms with Gasteiger partial charge in [0, 0.05) is 11.6 Å². The van der Waals surface area contributed by atoms with E-state index in [9.17, 15) is 0 Å². The predicted octanol–water partition coefficient (Wildman–Crippen LogP) is 3.88. The highest BCUT2D eigenvalue weighted by Gasteiger charge is 1.94. The first kappa shape index (κ1) is 13.8. The average molecular weight is 254 g/mol. The standard InChI is InChI=1S/C17H22N2/c1-14(2)13-18-10-4-3-6-15-8-9-17-16(12-15)7-5-11-19-17/h3,5-9,11-12,14,18H,4,10,13H2,1-2H3/b6-3+. The van der Waals surface area contributed by atoms with Gasteiger partial charge in [-0.15, -0.1) is 0 Å². The normalized spacial score (nSPS) is 11.7. The molecule has 0 bridgehead atoms. The molecule has 2 nitrogen and oxygen atoms in total. The maximum absolute atomic E-state index is 4.33. The summed E-state index contributed by atoms with van der Waals surface area (Å²) in [4.78, 5) is 4.33. The molecule has 0 aliphatic rings. The van der Waals surface area contributed by atoms with Crippen molar-refractivity contribution >= 4 is 17.0 Å². The number of hydrogen-bond donors (Lipinski definition) is 1. The highest BCUT2D eigenvalue weighted by molar-refractivity contribution is 5.80. The van der Waals surface area contributed by atoms with E-state index in [1.807, 2.05) is 12.3 Å². The third kappa shape index (κ3) is 4.49. The summed E-state index contributed by atoms with van der Waals surface area (Å²) in [7, 11) is 0. The predicted molar refractivity (Wildman–Crippen MR) is 83.1 cm³/mol. The molecule has 1 aromatic heterocycles. The van der Waals surface area contributed by atoms with Gasteiger partial charge in [0.2, 0.25) is 0 Å². The molecule has 2 aromatic rings. The van der Waals surface area contributed by atoms with Crippen molar-refractivity contribution in [1.82, 2.24) is 10.3 Å². The molecule has 0 unspecified atom stereocenters. The van der Waals surface area contributed by atoms with Crippen LogP contribution in [0.1, 0.15) is 25.8 Å². The topological polar surface area (TPSA) is 24.9 Å². The molecule has 100 valence electrons. The summed E-state index contributed by atoms with van der Waals surface area (Å²) in [6, 6.07) is 10.5. The highest BCUT2D eigenvalue weighted by Crippen LogP contribution is 2.14. The molecule has 0 aliphatic heterocycles. The Balaban J connectivity index is 1.87. The quantitative estimate of drug-likeness (QED) is 0.791. The van der Waals surface area contributed by atoms with Gasteiger partial charge >= 0.3 is 0 Å². The Morgan fingerprint density at radius 2 is 2.16 bits per heavy atom. The number of nitrogens with one attached hydrogen (secondary N) is 1. The molecule has 0 saturated carbocycles. The van der Waals surface area contributed by atoms with Crippen LogP contribution in [0.4, 0.5) is 0 Å². The number of aromatic nitrogens is 1. The fourth-order valence-corrected chi connectivity index (χ4v) is 1.99. The van der Waals surface area contributed by atoms with Gasteiger partial charge < -0.3 is 5.32 Å². The lowest BCUT2D eigenvalue weighted by atomic mass is 10.1. The lowest BCUT2D eigenvalue weighted by molar-refractivity contribution is 0.557. The average Bonchev–Trinajstić information content (AvgIpc) is 2.42. The minimum absolute atomic E-state index is 0.719. The van der Waals surface area contributed by atoms with Gasteiger partial charge in [-0.25, -0.2) is 0 Å². The third-order valence-corrected chi connectivity index (χ3v) is 2.98. The first-order valence-corrected chi connectivity index (χ1v) is 6.98. The second-order valence-electron chi connectivity index (χ2n) is 5.24. The molecular formula is C17H22N2. The number of benzene rings is 1. The molecule has 0 atom stereocenters. The Kier molecular flexibility index (Phi) is 5.10. The van der Waals surface area contributed by atoms with Gasteiger partial charge in [-0.05, 0) is 49.2 Å². The molecular weight excluding hydrogens is 232 g/mol. The van der Waals surface area contributed by atoms with Crippen LogP contribution in [0.5, 0.6) is 0 Å². The van der Waals surface area contributed by atoms with Gasteiger partial charge in [0.15, 0.2) is 0 Å². The Morgan fingerprint density at radius 1 is 1.26 bits per heavy atom. The second-order valence-corrected chi connectivity index (χ2v) is 5.24. The number of nitrogens with zero attached hydrogens (tertiary/aromatic N) is 1. The van der Waals surface area contributed by atoms with E-state index < -0.39 is 0 Å². The van der Waals surface area contributed by atoms with E-state index in [4.69, 9.17) is 0 Å². The lowest BCUT2D eigenvalue weighted by Crippen LogP contribution is -2.20. The minimum atomic E-state index is 0.719. The van der Waals surface area contributed by atoms with E-state index in [2.05, 4.69) is 60.6 Å². The fourth-order valence-electron chi connectivity index (χ4n) is 1.99. The zero-order valence-corrected chi connectivity index (χ0v) is 11.8. The zero-order chi connectivity index (χ0) is 13.5. The molecule has 1 N–H and O–H groups in total. The molecule has 19 heavy (non-hydrogen) atoms. The summed E-state index contributed by atoms with van der Waals surface area (Å²) in [5, 5.41) is 4.64. The summed E-state index contributed by atoms with van der Waals surface area (Å²) < 4.78 is 0. The van der Waals surface area contributed by atoms with E-state index >= 15 is 0 Å². The Hall–Kier alpha value is -1.67. The van der Waals surface area contributed by atoms with Gasteiger partial charge in [0.05, 0.1) is 5.52 Å². The molecule has 0 amide bonds. The molecule has 0 fully saturated rings. The van der Waals surface area contributed by atoms with Crippen LogP contribution in [0.15, 0.2) is 42.6 Å². The summed E-state index contributed by atoms with van der Waals surface area (Å²) in [5.41, 5.74) is 2.29. The molecule has 0 spiro atoms. The maximum atomic E-state index is 4.33. The SMILES string of the molecule is CC(C)CNCC/C=C/c1ccc2ncccc2c1. The Morgan fingerprint density at radius 3 is 3.00 bits per heavy atom. The summed E-state index contributed by atoms with van der Waals surface area (Å²) in [6.07, 6.45) is 7.31. The van der Waals surface area contributed by atoms with Crippen LogP contribution in [0, 0.1) is 5.92 Å². The van der Waals surface area contributed by atoms with Crippen LogP contribution >= 0.6 is 0 Å². The number of fused-ring (bicyclic) bond motifs is 1. The Bertz CT molecular complexity index is 544. The minimum Gasteiger partial charge on any atom is -0.316 e. The van der Waals surface area contributed by atoms with Crippen molar-refractivity contribution in [2.24, 2.45) is 5.92 Å². The molecule has 1 aromatic carbocycles. The van der Waals surface area contributed by atoms with Gasteiger partial charge in [-0.1, -0.05) is 38.1 Å². The first-order valence-electron chi connectivity index (χ1n) is 6.98. The second kappa shape index (κ2) is 7.05. The van der Waals surface area contributed by atoms with Crippen molar-refractivity contribution in [3.8, 4) is 0 Å². The van der Waals surface area contributed by atoms with Crippen LogP contribution in [0.2, 0.25) is 0 Å². The number of pyridine rings is 1. The van der Waals surface area contributed by atoms with Crippen molar-refractivity contribution in [2.75, 3.05) is 13.1 Å². The number of hydrogen-bond acceptors (Lipinski definition) is 2. The maximum Gasteiger partial charge on any atom is 0.0702 e. The summed E-state index contributed by atoms with van der Waals surface area (Å²) in [6.45, 7) is 6.59. The molecule has 0 aliphatic carbocycles. The third-order valence-electron chi connectivity index (χ3n) is 2.98. The van der Waals surface area contributed by atoms with Crippen molar-refractivity contribution < 1.29 is 0 Å². The van der Waals surface area contributed by atoms with Gasteiger partial charge in [0.25, 0.3) is 0 Å². The largest absolute Gasteiger partial charge is 0.316 e. The van der Waals surface area contributed by atoms with Crippen molar-refractivity contribution in [3.05, 3.63) is 48.2 Å². The summed E-state index contributed by atoms with van der Waals surface area (Å²) >= 11 is 0. The monoisotopic (exact) mass is 254 g/mol. The zero-order valence-electron chi connectivity index (χ0n) is 11.8. The van der Waals surface area contributed by atoms with Crippen molar-refractivity contribution in [2.45, 2.75) is 20.3 Å². The van der Waals surface area contributed by atoms with Crippen LogP contribution in [0.25, 0.3) is 17.0 Å². The van der Waals surface area contributed by atoms with Crippen molar-refractivity contribution in [3.63, 3.8) is 0 Å². The number of rotatable bonds is 6. The smallest absolute Gasteiger partial charge is 0.0702 e. The van der Waals surface area contributed by atoms with Crippen LogP contribution < -0.4 is 5.32 Å². The van der Waals surface area contributed by atoms with E-state index in [0.717, 1.165) is 30.9 Å². The lowest BCUT2D eigenvalue weighted by Gasteiger charge is -2.04. The molecule has 0 saturated heterocycles. The molecule has 2 rings (SSSR count). The van der Waals surface area contributed by atoms with Crippen LogP contribution in [-0.2, 0) is 0 Å². The molecule has 0 radical (unpaired) electrons. The van der Waals surface area contributed by atoms with E-state index in [1.165, 1.54) is 10.9 Å². The van der Waals surface area contributed by atoms with E-state index in [1.54, 1.807) is 0 Å². The summed E-state index contributed by atoms with van der Waals surface area (Å²) in [5.74, 6) is 0.719. The highest BCUT2D eigenvalue weighted by atomic mass is 14.8. The van der Waals surface area contributed by atoms with Crippen LogP contribution in [0.3, 0.4) is 0 Å². The molecule has 1 heterocycles. The molecule has 2 heteroatoms. The van der Waals surface area contributed by atoms with Crippen LogP contribution in [-0.4, -0.2) is 18.1 Å². The Labute approximate surface area is 115 Å². The van der Waals surface area contributed by atoms with E-state index in [-0.39, 0.29) is 0 Å². The van der Waals surface area contributed by atoms with Gasteiger partial charge in [-0.3, -0.25) is 4.98 Å². The van der Waals surface area contributed by atoms with E-state index in [0.29, 0.717) is 0 Å².